The Balaban J connectivity index is 1.82. The SMILES string of the molecule is CC(Cc1ccccc1)C(=O)CCCC12OC(C(=O)O)C(O)(C(=O)O)C(C(=O)O)(O1)C(O)C2O. The number of aliphatic carboxylic acids is 3. The van der Waals surface area contributed by atoms with Gasteiger partial charge in [0.15, 0.2) is 5.79 Å². The fourth-order valence-corrected chi connectivity index (χ4v) is 4.66. The van der Waals surface area contributed by atoms with Gasteiger partial charge in [0.1, 0.15) is 18.0 Å². The molecule has 0 saturated carbocycles. The van der Waals surface area contributed by atoms with E-state index in [2.05, 4.69) is 0 Å². The molecular weight excluding hydrogens is 456 g/mol. The average Bonchev–Trinajstić information content (AvgIpc) is 2.97. The molecule has 6 N–H and O–H groups in total. The Labute approximate surface area is 193 Å². The van der Waals surface area contributed by atoms with Crippen molar-refractivity contribution < 1.29 is 59.3 Å². The zero-order valence-corrected chi connectivity index (χ0v) is 18.2. The molecule has 2 aliphatic rings. The van der Waals surface area contributed by atoms with E-state index in [4.69, 9.17) is 9.47 Å². The van der Waals surface area contributed by atoms with Gasteiger partial charge in [-0.15, -0.1) is 0 Å². The summed E-state index contributed by atoms with van der Waals surface area (Å²) in [5, 5.41) is 60.4. The third-order valence-corrected chi connectivity index (χ3v) is 6.51. The van der Waals surface area contributed by atoms with Crippen LogP contribution in [0.3, 0.4) is 0 Å². The Morgan fingerprint density at radius 3 is 2.15 bits per heavy atom. The summed E-state index contributed by atoms with van der Waals surface area (Å²) < 4.78 is 10.4. The number of hydrogen-bond donors (Lipinski definition) is 6. The molecule has 7 unspecified atom stereocenters. The van der Waals surface area contributed by atoms with Crippen LogP contribution in [0, 0.1) is 5.92 Å². The van der Waals surface area contributed by atoms with Crippen molar-refractivity contribution in [2.45, 2.75) is 67.9 Å². The Kier molecular flexibility index (Phi) is 6.84. The smallest absolute Gasteiger partial charge is 0.343 e. The molecule has 0 spiro atoms. The minimum Gasteiger partial charge on any atom is -0.479 e. The van der Waals surface area contributed by atoms with Crippen LogP contribution in [0.5, 0.6) is 0 Å². The number of carboxylic acid groups (broad SMARTS) is 3. The monoisotopic (exact) mass is 482 g/mol. The summed E-state index contributed by atoms with van der Waals surface area (Å²) in [5.41, 5.74) is -6.27. The summed E-state index contributed by atoms with van der Waals surface area (Å²) in [6, 6.07) is 9.24. The van der Waals surface area contributed by atoms with E-state index < -0.39 is 59.6 Å². The van der Waals surface area contributed by atoms with Crippen molar-refractivity contribution in [1.29, 1.82) is 0 Å². The zero-order chi connectivity index (χ0) is 25.5. The van der Waals surface area contributed by atoms with E-state index in [-0.39, 0.29) is 24.5 Å². The molecule has 0 aliphatic carbocycles. The number of aliphatic hydroxyl groups is 3. The lowest BCUT2D eigenvalue weighted by atomic mass is 9.74. The third-order valence-electron chi connectivity index (χ3n) is 6.51. The van der Waals surface area contributed by atoms with Gasteiger partial charge in [0.25, 0.3) is 0 Å². The summed E-state index contributed by atoms with van der Waals surface area (Å²) in [6.07, 6.45) is -7.62. The lowest BCUT2D eigenvalue weighted by Crippen LogP contribution is -2.77. The minimum absolute atomic E-state index is 0.0741. The van der Waals surface area contributed by atoms with Crippen LogP contribution in [-0.2, 0) is 35.1 Å². The number of hydrogen-bond acceptors (Lipinski definition) is 9. The number of fused-ring (bicyclic) bond motifs is 2. The molecule has 2 bridgehead atoms. The van der Waals surface area contributed by atoms with Crippen LogP contribution < -0.4 is 0 Å². The molecule has 2 aliphatic heterocycles. The first kappa shape index (κ1) is 25.7. The molecule has 0 radical (unpaired) electrons. The molecule has 7 atom stereocenters. The maximum Gasteiger partial charge on any atom is 0.343 e. The van der Waals surface area contributed by atoms with Gasteiger partial charge in [-0.3, -0.25) is 4.79 Å². The molecule has 34 heavy (non-hydrogen) atoms. The van der Waals surface area contributed by atoms with Crippen LogP contribution in [0.25, 0.3) is 0 Å². The van der Waals surface area contributed by atoms with Gasteiger partial charge in [0.2, 0.25) is 17.3 Å². The van der Waals surface area contributed by atoms with Crippen molar-refractivity contribution >= 4 is 23.7 Å². The van der Waals surface area contributed by atoms with Crippen LogP contribution in [0.15, 0.2) is 30.3 Å². The number of rotatable bonds is 10. The van der Waals surface area contributed by atoms with Gasteiger partial charge in [0, 0.05) is 18.8 Å². The molecule has 0 aromatic heterocycles. The van der Waals surface area contributed by atoms with Crippen molar-refractivity contribution in [2.75, 3.05) is 0 Å². The molecule has 12 nitrogen and oxygen atoms in total. The largest absolute Gasteiger partial charge is 0.479 e. The number of ether oxygens (including phenoxy) is 2. The lowest BCUT2D eigenvalue weighted by molar-refractivity contribution is -0.374. The second-order valence-corrected chi connectivity index (χ2v) is 8.66. The van der Waals surface area contributed by atoms with Gasteiger partial charge < -0.3 is 40.1 Å². The average molecular weight is 482 g/mol. The number of carbonyl (C=O) groups excluding carboxylic acids is 1. The van der Waals surface area contributed by atoms with Crippen molar-refractivity contribution in [3.05, 3.63) is 35.9 Å². The number of aliphatic hydroxyl groups excluding tert-OH is 2. The van der Waals surface area contributed by atoms with E-state index in [1.165, 1.54) is 0 Å². The first-order chi connectivity index (χ1) is 15.8. The first-order valence-electron chi connectivity index (χ1n) is 10.6. The molecule has 3 rings (SSSR count). The fraction of sp³-hybridized carbons (Fsp3) is 0.545. The normalized spacial score (nSPS) is 35.5. The van der Waals surface area contributed by atoms with Crippen LogP contribution in [0.4, 0.5) is 0 Å². The van der Waals surface area contributed by atoms with Crippen LogP contribution in [-0.4, -0.2) is 89.6 Å². The maximum absolute atomic E-state index is 12.6. The molecule has 1 aromatic carbocycles. The molecule has 2 heterocycles. The van der Waals surface area contributed by atoms with Crippen molar-refractivity contribution in [1.82, 2.24) is 0 Å². The Bertz CT molecular complexity index is 979. The second kappa shape index (κ2) is 9.04. The van der Waals surface area contributed by atoms with Gasteiger partial charge in [-0.25, -0.2) is 14.4 Å². The van der Waals surface area contributed by atoms with E-state index in [0.717, 1.165) is 5.56 Å². The fourth-order valence-electron chi connectivity index (χ4n) is 4.66. The van der Waals surface area contributed by atoms with Crippen LogP contribution in [0.1, 0.15) is 31.7 Å². The third kappa shape index (κ3) is 3.77. The van der Waals surface area contributed by atoms with E-state index in [9.17, 15) is 49.8 Å². The standard InChI is InChI=1S/C22H26O12/c1-11(10-12-6-3-2-4-7-12)13(23)8-5-9-20-14(24)15(25)22(34-20,19(30)31)21(32,18(28)29)16(33-20)17(26)27/h2-4,6-7,11,14-16,24-25,32H,5,8-10H2,1H3,(H,26,27)(H,28,29)(H,30,31). The van der Waals surface area contributed by atoms with Gasteiger partial charge in [-0.2, -0.15) is 0 Å². The highest BCUT2D eigenvalue weighted by Crippen LogP contribution is 2.54. The minimum atomic E-state index is -3.77. The number of ketones is 1. The van der Waals surface area contributed by atoms with Gasteiger partial charge in [-0.1, -0.05) is 37.3 Å². The highest BCUT2D eigenvalue weighted by atomic mass is 16.8. The molecule has 2 fully saturated rings. The second-order valence-electron chi connectivity index (χ2n) is 8.66. The predicted molar refractivity (Wildman–Crippen MR) is 109 cm³/mol. The van der Waals surface area contributed by atoms with Gasteiger partial charge >= 0.3 is 17.9 Å². The summed E-state index contributed by atoms with van der Waals surface area (Å²) in [5.74, 6) is -9.62. The summed E-state index contributed by atoms with van der Waals surface area (Å²) in [6.45, 7) is 1.72. The van der Waals surface area contributed by atoms with Crippen molar-refractivity contribution in [2.24, 2.45) is 5.92 Å². The first-order valence-corrected chi connectivity index (χ1v) is 10.6. The highest BCUT2D eigenvalue weighted by molar-refractivity contribution is 5.97. The summed E-state index contributed by atoms with van der Waals surface area (Å²) >= 11 is 0. The van der Waals surface area contributed by atoms with Gasteiger partial charge in [-0.05, 0) is 18.4 Å². The molecule has 12 heteroatoms. The number of carboxylic acids is 3. The summed E-state index contributed by atoms with van der Waals surface area (Å²) in [7, 11) is 0. The Morgan fingerprint density at radius 2 is 1.62 bits per heavy atom. The number of Topliss-reactive ketones (excluding diaryl/α,β-unsaturated/α-hetero) is 1. The maximum atomic E-state index is 12.6. The Hall–Kier alpha value is -2.90. The van der Waals surface area contributed by atoms with Crippen LogP contribution >= 0.6 is 0 Å². The zero-order valence-electron chi connectivity index (χ0n) is 18.2. The van der Waals surface area contributed by atoms with Crippen molar-refractivity contribution in [3.63, 3.8) is 0 Å². The van der Waals surface area contributed by atoms with Crippen molar-refractivity contribution in [3.8, 4) is 0 Å². The lowest BCUT2D eigenvalue weighted by Gasteiger charge is -2.48. The molecular formula is C22H26O12. The highest BCUT2D eigenvalue weighted by Gasteiger charge is 2.84. The van der Waals surface area contributed by atoms with E-state index >= 15 is 0 Å². The predicted octanol–water partition coefficient (Wildman–Crippen LogP) is -0.825. The van der Waals surface area contributed by atoms with E-state index in [1.54, 1.807) is 6.92 Å². The van der Waals surface area contributed by atoms with E-state index in [1.807, 2.05) is 30.3 Å². The van der Waals surface area contributed by atoms with Crippen LogP contribution in [0.2, 0.25) is 0 Å². The molecule has 1 aromatic rings. The Morgan fingerprint density at radius 1 is 1.00 bits per heavy atom. The number of benzene rings is 1. The molecule has 186 valence electrons. The molecule has 2 saturated heterocycles. The molecule has 0 amide bonds. The van der Waals surface area contributed by atoms with Gasteiger partial charge in [0.05, 0.1) is 0 Å². The number of carbonyl (C=O) groups is 4. The summed E-state index contributed by atoms with van der Waals surface area (Å²) in [4.78, 5) is 48.2. The quantitative estimate of drug-likeness (QED) is 0.242. The topological polar surface area (TPSA) is 208 Å². The van der Waals surface area contributed by atoms with E-state index in [0.29, 0.717) is 6.42 Å².